The maximum atomic E-state index is 12.3. The van der Waals surface area contributed by atoms with Crippen LogP contribution in [0.4, 0.5) is 5.69 Å². The Morgan fingerprint density at radius 1 is 1.14 bits per heavy atom. The lowest BCUT2D eigenvalue weighted by molar-refractivity contribution is -0.134. The van der Waals surface area contributed by atoms with E-state index in [1.165, 1.54) is 12.1 Å². The fourth-order valence-electron chi connectivity index (χ4n) is 1.77. The number of carbonyl (C=O) groups is 1. The second-order valence-electron chi connectivity index (χ2n) is 4.39. The van der Waals surface area contributed by atoms with E-state index >= 15 is 0 Å². The normalized spacial score (nSPS) is 11.1. The molecule has 0 saturated heterocycles. The van der Waals surface area contributed by atoms with Gasteiger partial charge in [0.15, 0.2) is 0 Å². The third kappa shape index (κ3) is 4.27. The zero-order valence-electron chi connectivity index (χ0n) is 11.6. The Hall–Kier alpha value is -2.45. The maximum absolute atomic E-state index is 12.3. The molecule has 1 aromatic heterocycles. The molecule has 0 unspecified atom stereocenters. The van der Waals surface area contributed by atoms with E-state index in [9.17, 15) is 13.2 Å². The van der Waals surface area contributed by atoms with Crippen molar-refractivity contribution in [1.82, 2.24) is 9.71 Å². The third-order valence-corrected chi connectivity index (χ3v) is 4.24. The van der Waals surface area contributed by atoms with Crippen LogP contribution >= 0.6 is 0 Å². The summed E-state index contributed by atoms with van der Waals surface area (Å²) in [6.45, 7) is -0.316. The Morgan fingerprint density at radius 3 is 2.55 bits per heavy atom. The lowest BCUT2D eigenvalue weighted by atomic mass is 10.3. The third-order valence-electron chi connectivity index (χ3n) is 2.78. The fraction of sp³-hybridized carbons (Fsp3) is 0.143. The van der Waals surface area contributed by atoms with Gasteiger partial charge in [-0.2, -0.15) is 0 Å². The average Bonchev–Trinajstić information content (AvgIpc) is 2.52. The predicted molar refractivity (Wildman–Crippen MR) is 80.8 cm³/mol. The summed E-state index contributed by atoms with van der Waals surface area (Å²) in [6.07, 6.45) is 1.58. The van der Waals surface area contributed by atoms with Crippen molar-refractivity contribution in [1.29, 1.82) is 0 Å². The van der Waals surface area contributed by atoms with Gasteiger partial charge in [-0.1, -0.05) is 18.2 Å². The standard InChI is InChI=1S/C14H15N3O4S/c18-14(19)10-16-12-6-1-2-7-13(12)22(20,21)17-9-11-5-3-4-8-15-11/h1-8,16-17H,9-10H2,(H,18,19). The lowest BCUT2D eigenvalue weighted by Gasteiger charge is -2.12. The lowest BCUT2D eigenvalue weighted by Crippen LogP contribution is -2.25. The van der Waals surface area contributed by atoms with Gasteiger partial charge in [-0.3, -0.25) is 9.78 Å². The summed E-state index contributed by atoms with van der Waals surface area (Å²) in [5.74, 6) is -1.08. The minimum absolute atomic E-state index is 0.00724. The van der Waals surface area contributed by atoms with E-state index in [1.807, 2.05) is 0 Å². The van der Waals surface area contributed by atoms with Crippen molar-refractivity contribution in [2.75, 3.05) is 11.9 Å². The molecule has 22 heavy (non-hydrogen) atoms. The van der Waals surface area contributed by atoms with Gasteiger partial charge in [-0.15, -0.1) is 0 Å². The number of nitrogens with one attached hydrogen (secondary N) is 2. The number of sulfonamides is 1. The fourth-order valence-corrected chi connectivity index (χ4v) is 2.95. The molecule has 0 aliphatic carbocycles. The molecular formula is C14H15N3O4S. The van der Waals surface area contributed by atoms with Gasteiger partial charge in [0.2, 0.25) is 10.0 Å². The number of aromatic nitrogens is 1. The minimum Gasteiger partial charge on any atom is -0.480 e. The summed E-state index contributed by atoms with van der Waals surface area (Å²) < 4.78 is 27.1. The summed E-state index contributed by atoms with van der Waals surface area (Å²) in [5, 5.41) is 11.3. The molecule has 1 heterocycles. The molecular weight excluding hydrogens is 306 g/mol. The number of hydrogen-bond acceptors (Lipinski definition) is 5. The SMILES string of the molecule is O=C(O)CNc1ccccc1S(=O)(=O)NCc1ccccn1. The molecule has 0 fully saturated rings. The zero-order valence-corrected chi connectivity index (χ0v) is 12.4. The van der Waals surface area contributed by atoms with Crippen LogP contribution in [0.1, 0.15) is 5.69 Å². The Bertz CT molecular complexity index is 748. The molecule has 8 heteroatoms. The van der Waals surface area contributed by atoms with Crippen LogP contribution in [0, 0.1) is 0 Å². The quantitative estimate of drug-likeness (QED) is 0.703. The molecule has 7 nitrogen and oxygen atoms in total. The summed E-state index contributed by atoms with van der Waals surface area (Å²) in [6, 6.07) is 11.3. The van der Waals surface area contributed by atoms with Gasteiger partial charge < -0.3 is 10.4 Å². The van der Waals surface area contributed by atoms with Crippen LogP contribution in [-0.4, -0.2) is 31.0 Å². The highest BCUT2D eigenvalue weighted by Gasteiger charge is 2.18. The maximum Gasteiger partial charge on any atom is 0.322 e. The van der Waals surface area contributed by atoms with E-state index in [-0.39, 0.29) is 23.7 Å². The largest absolute Gasteiger partial charge is 0.480 e. The highest BCUT2D eigenvalue weighted by molar-refractivity contribution is 7.89. The van der Waals surface area contributed by atoms with Crippen molar-refractivity contribution >= 4 is 21.7 Å². The van der Waals surface area contributed by atoms with Crippen LogP contribution in [0.2, 0.25) is 0 Å². The highest BCUT2D eigenvalue weighted by Crippen LogP contribution is 2.20. The molecule has 0 amide bonds. The summed E-state index contributed by atoms with van der Waals surface area (Å²) in [5.41, 5.74) is 0.820. The van der Waals surface area contributed by atoms with E-state index in [0.29, 0.717) is 5.69 Å². The number of pyridine rings is 1. The molecule has 3 N–H and O–H groups in total. The van der Waals surface area contributed by atoms with Crippen molar-refractivity contribution < 1.29 is 18.3 Å². The van der Waals surface area contributed by atoms with E-state index in [0.717, 1.165) is 0 Å². The van der Waals surface area contributed by atoms with Crippen LogP contribution < -0.4 is 10.0 Å². The molecule has 0 aliphatic heterocycles. The Kier molecular flexibility index (Phi) is 5.08. The predicted octanol–water partition coefficient (Wildman–Crippen LogP) is 1.06. The summed E-state index contributed by atoms with van der Waals surface area (Å²) in [4.78, 5) is 14.6. The molecule has 0 radical (unpaired) electrons. The summed E-state index contributed by atoms with van der Waals surface area (Å²) >= 11 is 0. The van der Waals surface area contributed by atoms with Gasteiger partial charge in [-0.05, 0) is 24.3 Å². The first kappa shape index (κ1) is 15.9. The van der Waals surface area contributed by atoms with Gasteiger partial charge >= 0.3 is 5.97 Å². The molecule has 0 aliphatic rings. The number of carboxylic acids is 1. The first-order chi connectivity index (χ1) is 10.5. The van der Waals surface area contributed by atoms with Crippen LogP contribution in [0.25, 0.3) is 0 Å². The van der Waals surface area contributed by atoms with Crippen molar-refractivity contribution in [3.8, 4) is 0 Å². The second-order valence-corrected chi connectivity index (χ2v) is 6.12. The van der Waals surface area contributed by atoms with Crippen molar-refractivity contribution in [2.45, 2.75) is 11.4 Å². The molecule has 2 aromatic rings. The Labute approximate surface area is 128 Å². The molecule has 0 bridgehead atoms. The number of hydrogen-bond donors (Lipinski definition) is 3. The highest BCUT2D eigenvalue weighted by atomic mass is 32.2. The van der Waals surface area contributed by atoms with Gasteiger partial charge in [0.05, 0.1) is 17.9 Å². The number of nitrogens with zero attached hydrogens (tertiary/aromatic N) is 1. The molecule has 0 saturated carbocycles. The van der Waals surface area contributed by atoms with E-state index in [2.05, 4.69) is 15.0 Å². The van der Waals surface area contributed by atoms with Gasteiger partial charge in [0.25, 0.3) is 0 Å². The van der Waals surface area contributed by atoms with Crippen LogP contribution in [0.15, 0.2) is 53.6 Å². The van der Waals surface area contributed by atoms with Gasteiger partial charge in [0, 0.05) is 6.20 Å². The number of carboxylic acid groups (broad SMARTS) is 1. The first-order valence-electron chi connectivity index (χ1n) is 6.43. The van der Waals surface area contributed by atoms with Gasteiger partial charge in [0.1, 0.15) is 11.4 Å². The second kappa shape index (κ2) is 7.01. The van der Waals surface area contributed by atoms with Crippen molar-refractivity contribution in [2.24, 2.45) is 0 Å². The zero-order chi connectivity index (χ0) is 16.0. The smallest absolute Gasteiger partial charge is 0.322 e. The molecule has 0 spiro atoms. The van der Waals surface area contributed by atoms with Gasteiger partial charge in [-0.25, -0.2) is 13.1 Å². The van der Waals surface area contributed by atoms with Crippen LogP contribution in [0.5, 0.6) is 0 Å². The number of anilines is 1. The Balaban J connectivity index is 2.16. The number of rotatable bonds is 7. The number of aliphatic carboxylic acids is 1. The molecule has 116 valence electrons. The van der Waals surface area contributed by atoms with E-state index in [1.54, 1.807) is 36.5 Å². The molecule has 2 rings (SSSR count). The summed E-state index contributed by atoms with van der Waals surface area (Å²) in [7, 11) is -3.78. The monoisotopic (exact) mass is 321 g/mol. The first-order valence-corrected chi connectivity index (χ1v) is 7.91. The molecule has 1 aromatic carbocycles. The van der Waals surface area contributed by atoms with Crippen LogP contribution in [0.3, 0.4) is 0 Å². The average molecular weight is 321 g/mol. The minimum atomic E-state index is -3.78. The van der Waals surface area contributed by atoms with E-state index in [4.69, 9.17) is 5.11 Å². The van der Waals surface area contributed by atoms with E-state index < -0.39 is 16.0 Å². The number of benzene rings is 1. The molecule has 0 atom stereocenters. The number of para-hydroxylation sites is 1. The van der Waals surface area contributed by atoms with Crippen molar-refractivity contribution in [3.05, 3.63) is 54.4 Å². The topological polar surface area (TPSA) is 108 Å². The van der Waals surface area contributed by atoms with Crippen LogP contribution in [-0.2, 0) is 21.4 Å². The Morgan fingerprint density at radius 2 is 1.86 bits per heavy atom. The van der Waals surface area contributed by atoms with Crippen molar-refractivity contribution in [3.63, 3.8) is 0 Å².